The fourth-order valence-electron chi connectivity index (χ4n) is 1.09. The van der Waals surface area contributed by atoms with Crippen molar-refractivity contribution in [3.63, 3.8) is 0 Å². The van der Waals surface area contributed by atoms with Gasteiger partial charge in [0.2, 0.25) is 0 Å². The Morgan fingerprint density at radius 1 is 1.38 bits per heavy atom. The molecule has 0 unspecified atom stereocenters. The molecule has 0 aromatic heterocycles. The zero-order chi connectivity index (χ0) is 11.6. The number of alkyl halides is 3. The summed E-state index contributed by atoms with van der Waals surface area (Å²) in [4.78, 5) is 0.0209. The van der Waals surface area contributed by atoms with Crippen molar-refractivity contribution in [3.05, 3.63) is 23.8 Å². The van der Waals surface area contributed by atoms with E-state index in [9.17, 15) is 18.3 Å². The van der Waals surface area contributed by atoms with Crippen LogP contribution < -0.4 is 5.73 Å². The van der Waals surface area contributed by atoms with Crippen LogP contribution in [0.5, 0.6) is 5.75 Å². The lowest BCUT2D eigenvalue weighted by Gasteiger charge is -2.11. The van der Waals surface area contributed by atoms with Crippen LogP contribution in [0.2, 0.25) is 0 Å². The highest BCUT2D eigenvalue weighted by atomic mass is 35.5. The molecule has 0 heterocycles. The van der Waals surface area contributed by atoms with Crippen LogP contribution in [0.1, 0.15) is 18.5 Å². The number of phenolic OH excluding ortho intramolecular Hbond substituents is 1. The second-order valence-corrected chi connectivity index (χ2v) is 4.20. The second-order valence-electron chi connectivity index (χ2n) is 3.06. The first-order valence-corrected chi connectivity index (χ1v) is 4.95. The minimum absolute atomic E-state index is 0. The van der Waals surface area contributed by atoms with Gasteiger partial charge in [0.05, 0.1) is 0 Å². The molecule has 0 saturated heterocycles. The van der Waals surface area contributed by atoms with Crippen molar-refractivity contribution >= 4 is 24.2 Å². The van der Waals surface area contributed by atoms with Gasteiger partial charge in [0.15, 0.2) is 0 Å². The van der Waals surface area contributed by atoms with Crippen LogP contribution in [0, 0.1) is 0 Å². The first kappa shape index (κ1) is 15.4. The third kappa shape index (κ3) is 4.51. The maximum Gasteiger partial charge on any atom is 0.446 e. The van der Waals surface area contributed by atoms with Crippen LogP contribution in [0.25, 0.3) is 0 Å². The zero-order valence-corrected chi connectivity index (χ0v) is 9.92. The summed E-state index contributed by atoms with van der Waals surface area (Å²) in [6.45, 7) is 1.59. The summed E-state index contributed by atoms with van der Waals surface area (Å²) >= 11 is -0.226. The van der Waals surface area contributed by atoms with Crippen LogP contribution in [-0.2, 0) is 0 Å². The van der Waals surface area contributed by atoms with E-state index in [0.29, 0.717) is 5.56 Å². The Labute approximate surface area is 101 Å². The normalized spacial score (nSPS) is 13.1. The molecule has 92 valence electrons. The summed E-state index contributed by atoms with van der Waals surface area (Å²) in [7, 11) is 0. The third-order valence-electron chi connectivity index (χ3n) is 1.72. The lowest BCUT2D eigenvalue weighted by Crippen LogP contribution is -2.06. The van der Waals surface area contributed by atoms with Gasteiger partial charge in [0, 0.05) is 16.5 Å². The molecule has 0 bridgehead atoms. The molecule has 1 aromatic rings. The van der Waals surface area contributed by atoms with Gasteiger partial charge >= 0.3 is 5.51 Å². The quantitative estimate of drug-likeness (QED) is 0.812. The Hall–Kier alpha value is -0.590. The van der Waals surface area contributed by atoms with E-state index >= 15 is 0 Å². The van der Waals surface area contributed by atoms with Crippen LogP contribution in [0.15, 0.2) is 23.1 Å². The molecular formula is C9H11ClF3NOS. The first-order valence-electron chi connectivity index (χ1n) is 4.14. The molecule has 7 heteroatoms. The third-order valence-corrected chi connectivity index (χ3v) is 2.44. The second kappa shape index (κ2) is 5.65. The van der Waals surface area contributed by atoms with E-state index < -0.39 is 11.6 Å². The lowest BCUT2D eigenvalue weighted by molar-refractivity contribution is -0.0328. The molecule has 0 saturated carbocycles. The van der Waals surface area contributed by atoms with Gasteiger partial charge in [0.1, 0.15) is 5.75 Å². The van der Waals surface area contributed by atoms with Crippen molar-refractivity contribution in [1.29, 1.82) is 0 Å². The van der Waals surface area contributed by atoms with Crippen LogP contribution in [0.4, 0.5) is 13.2 Å². The number of thioether (sulfide) groups is 1. The molecule has 0 aliphatic heterocycles. The summed E-state index contributed by atoms with van der Waals surface area (Å²) in [6.07, 6.45) is 0. The monoisotopic (exact) mass is 273 g/mol. The van der Waals surface area contributed by atoms with Gasteiger partial charge in [-0.15, -0.1) is 12.4 Å². The number of hydrogen-bond acceptors (Lipinski definition) is 3. The Kier molecular flexibility index (Phi) is 5.44. The van der Waals surface area contributed by atoms with E-state index in [1.807, 2.05) is 0 Å². The van der Waals surface area contributed by atoms with Gasteiger partial charge in [-0.05, 0) is 36.9 Å². The highest BCUT2D eigenvalue weighted by Crippen LogP contribution is 2.38. The van der Waals surface area contributed by atoms with Crippen molar-refractivity contribution in [3.8, 4) is 5.75 Å². The van der Waals surface area contributed by atoms with E-state index in [0.717, 1.165) is 0 Å². The molecule has 0 fully saturated rings. The van der Waals surface area contributed by atoms with E-state index in [2.05, 4.69) is 0 Å². The van der Waals surface area contributed by atoms with E-state index in [4.69, 9.17) is 5.73 Å². The Balaban J connectivity index is 0.00000225. The fourth-order valence-corrected chi connectivity index (χ4v) is 1.68. The minimum atomic E-state index is -4.33. The highest BCUT2D eigenvalue weighted by Gasteiger charge is 2.29. The molecule has 0 aliphatic carbocycles. The summed E-state index contributed by atoms with van der Waals surface area (Å²) < 4.78 is 36.1. The smallest absolute Gasteiger partial charge is 0.446 e. The van der Waals surface area contributed by atoms with Gasteiger partial charge in [-0.3, -0.25) is 0 Å². The van der Waals surface area contributed by atoms with Gasteiger partial charge in [-0.2, -0.15) is 13.2 Å². The van der Waals surface area contributed by atoms with Crippen molar-refractivity contribution in [2.75, 3.05) is 0 Å². The molecule has 0 radical (unpaired) electrons. The maximum atomic E-state index is 12.0. The standard InChI is InChI=1S/C9H10F3NOS.ClH/c1-5(13)7-4-6(2-3-8(7)14)15-9(10,11)12;/h2-5,14H,13H2,1H3;1H/t5-;/m1./s1. The molecule has 16 heavy (non-hydrogen) atoms. The molecule has 1 aromatic carbocycles. The van der Waals surface area contributed by atoms with Gasteiger partial charge in [0.25, 0.3) is 0 Å². The molecule has 3 N–H and O–H groups in total. The molecular weight excluding hydrogens is 263 g/mol. The average molecular weight is 274 g/mol. The molecule has 1 rings (SSSR count). The number of aromatic hydroxyl groups is 1. The van der Waals surface area contributed by atoms with Gasteiger partial charge in [-0.1, -0.05) is 0 Å². The lowest BCUT2D eigenvalue weighted by atomic mass is 10.1. The average Bonchev–Trinajstić information content (AvgIpc) is 2.05. The molecule has 2 nitrogen and oxygen atoms in total. The minimum Gasteiger partial charge on any atom is -0.508 e. The van der Waals surface area contributed by atoms with E-state index in [1.54, 1.807) is 6.92 Å². The number of rotatable bonds is 2. The molecule has 0 aliphatic rings. The summed E-state index contributed by atoms with van der Waals surface area (Å²) in [6, 6.07) is 3.17. The predicted octanol–water partition coefficient (Wildman–Crippen LogP) is 3.45. The number of hydrogen-bond donors (Lipinski definition) is 2. The summed E-state index contributed by atoms with van der Waals surface area (Å²) in [5, 5.41) is 9.33. The number of phenols is 1. The first-order chi connectivity index (χ1) is 6.79. The van der Waals surface area contributed by atoms with Crippen LogP contribution >= 0.6 is 24.2 Å². The summed E-state index contributed by atoms with van der Waals surface area (Å²) in [5.74, 6) is -0.0866. The SMILES string of the molecule is C[C@@H](N)c1cc(SC(F)(F)F)ccc1O.Cl. The Morgan fingerprint density at radius 3 is 2.38 bits per heavy atom. The Morgan fingerprint density at radius 2 is 1.94 bits per heavy atom. The number of halogens is 4. The van der Waals surface area contributed by atoms with E-state index in [1.165, 1.54) is 18.2 Å². The molecule has 1 atom stereocenters. The van der Waals surface area contributed by atoms with Crippen molar-refractivity contribution in [2.24, 2.45) is 5.73 Å². The topological polar surface area (TPSA) is 46.2 Å². The van der Waals surface area contributed by atoms with Crippen molar-refractivity contribution < 1.29 is 18.3 Å². The van der Waals surface area contributed by atoms with Gasteiger partial charge < -0.3 is 10.8 Å². The predicted molar refractivity (Wildman–Crippen MR) is 59.9 cm³/mol. The molecule has 0 amide bonds. The van der Waals surface area contributed by atoms with Gasteiger partial charge in [-0.25, -0.2) is 0 Å². The van der Waals surface area contributed by atoms with E-state index in [-0.39, 0.29) is 34.8 Å². The van der Waals surface area contributed by atoms with Crippen LogP contribution in [-0.4, -0.2) is 10.6 Å². The Bertz CT molecular complexity index is 357. The molecule has 0 spiro atoms. The summed E-state index contributed by atoms with van der Waals surface area (Å²) in [5.41, 5.74) is 1.48. The zero-order valence-electron chi connectivity index (χ0n) is 8.28. The fraction of sp³-hybridized carbons (Fsp3) is 0.333. The van der Waals surface area contributed by atoms with Crippen molar-refractivity contribution in [2.45, 2.75) is 23.4 Å². The number of nitrogens with two attached hydrogens (primary N) is 1. The largest absolute Gasteiger partial charge is 0.508 e. The maximum absolute atomic E-state index is 12.0. The van der Waals surface area contributed by atoms with Crippen LogP contribution in [0.3, 0.4) is 0 Å². The highest BCUT2D eigenvalue weighted by molar-refractivity contribution is 8.00. The van der Waals surface area contributed by atoms with Crippen molar-refractivity contribution in [1.82, 2.24) is 0 Å². The number of benzene rings is 1.